The Morgan fingerprint density at radius 1 is 1.31 bits per heavy atom. The standard InChI is InChI=1S/C19H16ClF3N2O/c20-17-7-4-15(19(21,22)23)10-14(17)3-8-18(26)25(16-5-6-16)12-13-2-1-9-24-11-13/h1-4,7-11,16H,5-6,12H2/b8-3-. The summed E-state index contributed by atoms with van der Waals surface area (Å²) in [5, 5.41) is 0.160. The Morgan fingerprint density at radius 2 is 2.08 bits per heavy atom. The summed E-state index contributed by atoms with van der Waals surface area (Å²) >= 11 is 5.96. The molecule has 0 radical (unpaired) electrons. The average molecular weight is 381 g/mol. The van der Waals surface area contributed by atoms with Crippen molar-refractivity contribution < 1.29 is 18.0 Å². The first-order chi connectivity index (χ1) is 12.3. The molecular weight excluding hydrogens is 365 g/mol. The molecule has 1 aliphatic carbocycles. The van der Waals surface area contributed by atoms with Crippen LogP contribution in [0.15, 0.2) is 48.8 Å². The van der Waals surface area contributed by atoms with E-state index in [0.29, 0.717) is 6.54 Å². The molecule has 1 heterocycles. The van der Waals surface area contributed by atoms with E-state index in [1.807, 2.05) is 6.07 Å². The molecule has 0 atom stereocenters. The Hall–Kier alpha value is -2.34. The van der Waals surface area contributed by atoms with Gasteiger partial charge in [-0.3, -0.25) is 9.78 Å². The van der Waals surface area contributed by atoms with Crippen molar-refractivity contribution in [2.75, 3.05) is 0 Å². The van der Waals surface area contributed by atoms with Crippen molar-refractivity contribution in [1.29, 1.82) is 0 Å². The molecule has 1 saturated carbocycles. The van der Waals surface area contributed by atoms with Crippen LogP contribution in [0.5, 0.6) is 0 Å². The van der Waals surface area contributed by atoms with Crippen LogP contribution in [0.4, 0.5) is 13.2 Å². The molecule has 1 aromatic carbocycles. The predicted molar refractivity (Wildman–Crippen MR) is 93.3 cm³/mol. The first kappa shape index (κ1) is 18.5. The lowest BCUT2D eigenvalue weighted by atomic mass is 10.1. The van der Waals surface area contributed by atoms with Gasteiger partial charge in [0.25, 0.3) is 0 Å². The number of carbonyl (C=O) groups is 1. The predicted octanol–water partition coefficient (Wildman–Crippen LogP) is 4.96. The van der Waals surface area contributed by atoms with E-state index < -0.39 is 11.7 Å². The van der Waals surface area contributed by atoms with Crippen LogP contribution in [0, 0.1) is 0 Å². The Balaban J connectivity index is 1.77. The van der Waals surface area contributed by atoms with Crippen molar-refractivity contribution in [1.82, 2.24) is 9.88 Å². The fourth-order valence-corrected chi connectivity index (χ4v) is 2.75. The highest BCUT2D eigenvalue weighted by Gasteiger charge is 2.32. The number of hydrogen-bond donors (Lipinski definition) is 0. The molecule has 0 spiro atoms. The zero-order chi connectivity index (χ0) is 18.7. The van der Waals surface area contributed by atoms with E-state index in [4.69, 9.17) is 11.6 Å². The van der Waals surface area contributed by atoms with Crippen LogP contribution in [0.3, 0.4) is 0 Å². The third kappa shape index (κ3) is 4.64. The third-order valence-corrected chi connectivity index (χ3v) is 4.42. The van der Waals surface area contributed by atoms with E-state index >= 15 is 0 Å². The normalized spacial score (nSPS) is 14.6. The van der Waals surface area contributed by atoms with E-state index in [0.717, 1.165) is 30.5 Å². The van der Waals surface area contributed by atoms with Crippen LogP contribution in [-0.2, 0) is 17.5 Å². The van der Waals surface area contributed by atoms with Gasteiger partial charge in [-0.1, -0.05) is 17.7 Å². The second kappa shape index (κ2) is 7.50. The van der Waals surface area contributed by atoms with Crippen molar-refractivity contribution in [3.05, 3.63) is 70.5 Å². The zero-order valence-electron chi connectivity index (χ0n) is 13.7. The Kier molecular flexibility index (Phi) is 5.32. The molecular formula is C19H16ClF3N2O. The zero-order valence-corrected chi connectivity index (χ0v) is 14.5. The molecule has 3 rings (SSSR count). The molecule has 7 heteroatoms. The number of halogens is 4. The van der Waals surface area contributed by atoms with Crippen LogP contribution in [0.2, 0.25) is 5.02 Å². The van der Waals surface area contributed by atoms with Crippen LogP contribution < -0.4 is 0 Å². The summed E-state index contributed by atoms with van der Waals surface area (Å²) < 4.78 is 38.5. The van der Waals surface area contributed by atoms with Crippen molar-refractivity contribution in [3.63, 3.8) is 0 Å². The van der Waals surface area contributed by atoms with Gasteiger partial charge in [0.15, 0.2) is 0 Å². The smallest absolute Gasteiger partial charge is 0.332 e. The molecule has 3 nitrogen and oxygen atoms in total. The minimum Gasteiger partial charge on any atom is -0.332 e. The second-order valence-corrected chi connectivity index (χ2v) is 6.53. The van der Waals surface area contributed by atoms with E-state index in [2.05, 4.69) is 4.98 Å². The van der Waals surface area contributed by atoms with E-state index in [9.17, 15) is 18.0 Å². The number of alkyl halides is 3. The largest absolute Gasteiger partial charge is 0.416 e. The molecule has 1 aliphatic rings. The molecule has 0 bridgehead atoms. The Bertz CT molecular complexity index is 817. The van der Waals surface area contributed by atoms with Gasteiger partial charge in [-0.25, -0.2) is 0 Å². The highest BCUT2D eigenvalue weighted by molar-refractivity contribution is 6.32. The number of hydrogen-bond acceptors (Lipinski definition) is 2. The van der Waals surface area contributed by atoms with Crippen molar-refractivity contribution in [2.45, 2.75) is 31.6 Å². The molecule has 1 aromatic heterocycles. The van der Waals surface area contributed by atoms with Crippen LogP contribution in [0.1, 0.15) is 29.5 Å². The number of aromatic nitrogens is 1. The van der Waals surface area contributed by atoms with Crippen molar-refractivity contribution in [2.24, 2.45) is 0 Å². The van der Waals surface area contributed by atoms with Gasteiger partial charge in [-0.2, -0.15) is 13.2 Å². The maximum absolute atomic E-state index is 12.8. The Labute approximate surface area is 154 Å². The van der Waals surface area contributed by atoms with Gasteiger partial charge in [0.1, 0.15) is 0 Å². The maximum Gasteiger partial charge on any atom is 0.416 e. The summed E-state index contributed by atoms with van der Waals surface area (Å²) in [6.45, 7) is 0.415. The highest BCUT2D eigenvalue weighted by atomic mass is 35.5. The van der Waals surface area contributed by atoms with Crippen LogP contribution >= 0.6 is 11.6 Å². The number of pyridine rings is 1. The SMILES string of the molecule is O=C(/C=C\c1cc(C(F)(F)F)ccc1Cl)N(Cc1cccnc1)C1CC1. The average Bonchev–Trinajstić information content (AvgIpc) is 3.43. The molecule has 1 amide bonds. The van der Waals surface area contributed by atoms with Gasteiger partial charge >= 0.3 is 6.18 Å². The first-order valence-corrected chi connectivity index (χ1v) is 8.47. The van der Waals surface area contributed by atoms with Crippen LogP contribution in [0.25, 0.3) is 6.08 Å². The molecule has 0 saturated heterocycles. The summed E-state index contributed by atoms with van der Waals surface area (Å²) in [7, 11) is 0. The topological polar surface area (TPSA) is 33.2 Å². The van der Waals surface area contributed by atoms with Gasteiger partial charge in [-0.15, -0.1) is 0 Å². The number of amides is 1. The third-order valence-electron chi connectivity index (χ3n) is 4.08. The number of nitrogens with zero attached hydrogens (tertiary/aromatic N) is 2. The summed E-state index contributed by atoms with van der Waals surface area (Å²) in [5.41, 5.74) is 0.258. The van der Waals surface area contributed by atoms with Gasteiger partial charge in [0.2, 0.25) is 5.91 Å². The maximum atomic E-state index is 12.8. The van der Waals surface area contributed by atoms with Crippen LogP contribution in [-0.4, -0.2) is 21.8 Å². The van der Waals surface area contributed by atoms with Gasteiger partial charge in [-0.05, 0) is 54.3 Å². The quantitative estimate of drug-likeness (QED) is 0.687. The number of benzene rings is 1. The fourth-order valence-electron chi connectivity index (χ4n) is 2.57. The van der Waals surface area contributed by atoms with E-state index in [1.165, 1.54) is 18.2 Å². The van der Waals surface area contributed by atoms with E-state index in [-0.39, 0.29) is 22.5 Å². The second-order valence-electron chi connectivity index (χ2n) is 6.13. The van der Waals surface area contributed by atoms with Gasteiger partial charge < -0.3 is 4.90 Å². The molecule has 0 aliphatic heterocycles. The lowest BCUT2D eigenvalue weighted by Gasteiger charge is -2.20. The Morgan fingerprint density at radius 3 is 2.69 bits per heavy atom. The number of carbonyl (C=O) groups excluding carboxylic acids is 1. The molecule has 0 unspecified atom stereocenters. The van der Waals surface area contributed by atoms with Crippen molar-refractivity contribution in [3.8, 4) is 0 Å². The summed E-state index contributed by atoms with van der Waals surface area (Å²) in [5.74, 6) is -0.259. The molecule has 26 heavy (non-hydrogen) atoms. The highest BCUT2D eigenvalue weighted by Crippen LogP contribution is 2.32. The van der Waals surface area contributed by atoms with E-state index in [1.54, 1.807) is 23.4 Å². The first-order valence-electron chi connectivity index (χ1n) is 8.09. The van der Waals surface area contributed by atoms with Gasteiger partial charge in [0, 0.05) is 36.1 Å². The summed E-state index contributed by atoms with van der Waals surface area (Å²) in [6, 6.07) is 6.87. The lowest BCUT2D eigenvalue weighted by Crippen LogP contribution is -2.31. The van der Waals surface area contributed by atoms with Gasteiger partial charge in [0.05, 0.1) is 5.56 Å². The fraction of sp³-hybridized carbons (Fsp3) is 0.263. The summed E-state index contributed by atoms with van der Waals surface area (Å²) in [6.07, 6.45) is 3.33. The molecule has 136 valence electrons. The molecule has 0 N–H and O–H groups in total. The lowest BCUT2D eigenvalue weighted by molar-refractivity contribution is -0.137. The molecule has 1 fully saturated rings. The minimum absolute atomic E-state index is 0.157. The molecule has 2 aromatic rings. The summed E-state index contributed by atoms with van der Waals surface area (Å²) in [4.78, 5) is 18.3. The van der Waals surface area contributed by atoms with Crippen molar-refractivity contribution >= 4 is 23.6 Å². The number of rotatable bonds is 5. The minimum atomic E-state index is -4.46. The monoisotopic (exact) mass is 380 g/mol.